The first-order chi connectivity index (χ1) is 18.3. The van der Waals surface area contributed by atoms with Crippen molar-refractivity contribution >= 4 is 40.6 Å². The van der Waals surface area contributed by atoms with Gasteiger partial charge in [-0.3, -0.25) is 14.4 Å². The van der Waals surface area contributed by atoms with Crippen LogP contribution in [0.4, 0.5) is 16.1 Å². The van der Waals surface area contributed by atoms with E-state index >= 15 is 0 Å². The van der Waals surface area contributed by atoms with Crippen molar-refractivity contribution in [3.8, 4) is 0 Å². The molecule has 2 heterocycles. The molecule has 0 bridgehead atoms. The van der Waals surface area contributed by atoms with Crippen LogP contribution in [-0.2, 0) is 20.8 Å². The standard InChI is InChI=1S/C28H31FN4O5/c1-16-4-2-3-5-21(16)31-28-32-22-11-6-17(12-24(22)38-28)13-25(34)33-15-19(29)14-23(33)26(35)30-20-9-7-18(8-10-20)27(36)37/h2-6,11-12,18-20,23H,7-10,13-15H2,1H3,(H,30,35)(H,31,32)(H,36,37)/t18-,19-,20+,23-/m0/s1. The quantitative estimate of drug-likeness (QED) is 0.426. The summed E-state index contributed by atoms with van der Waals surface area (Å²) in [5.74, 6) is -1.92. The van der Waals surface area contributed by atoms with Gasteiger partial charge in [0.25, 0.3) is 6.01 Å². The zero-order valence-corrected chi connectivity index (χ0v) is 21.2. The number of carbonyl (C=O) groups excluding carboxylic acids is 2. The van der Waals surface area contributed by atoms with E-state index in [1.165, 1.54) is 4.90 Å². The monoisotopic (exact) mass is 522 g/mol. The number of fused-ring (bicyclic) bond motifs is 1. The number of oxazole rings is 1. The van der Waals surface area contributed by atoms with E-state index in [1.807, 2.05) is 31.2 Å². The van der Waals surface area contributed by atoms with E-state index in [0.717, 1.165) is 11.3 Å². The van der Waals surface area contributed by atoms with Gasteiger partial charge in [0, 0.05) is 18.2 Å². The lowest BCUT2D eigenvalue weighted by atomic mass is 9.86. The van der Waals surface area contributed by atoms with Gasteiger partial charge in [-0.25, -0.2) is 4.39 Å². The molecule has 2 fully saturated rings. The predicted molar refractivity (Wildman–Crippen MR) is 139 cm³/mol. The molecule has 2 amide bonds. The number of rotatable bonds is 7. The smallest absolute Gasteiger partial charge is 0.306 e. The SMILES string of the molecule is Cc1ccccc1Nc1nc2ccc(CC(=O)N3C[C@@H](F)C[C@H]3C(=O)N[C@H]3CC[C@@H](C(=O)O)CC3)cc2o1. The van der Waals surface area contributed by atoms with Crippen LogP contribution in [0.2, 0.25) is 0 Å². The molecular formula is C28H31FN4O5. The van der Waals surface area contributed by atoms with Crippen molar-refractivity contribution < 1.29 is 28.3 Å². The van der Waals surface area contributed by atoms with Crippen molar-refractivity contribution in [1.82, 2.24) is 15.2 Å². The number of aromatic nitrogens is 1. The Bertz CT molecular complexity index is 1350. The first kappa shape index (κ1) is 25.7. The van der Waals surface area contributed by atoms with Crippen LogP contribution in [-0.4, -0.2) is 57.6 Å². The molecular weight excluding hydrogens is 491 g/mol. The lowest BCUT2D eigenvalue weighted by Gasteiger charge is -2.30. The van der Waals surface area contributed by atoms with Gasteiger partial charge in [-0.2, -0.15) is 4.98 Å². The first-order valence-electron chi connectivity index (χ1n) is 13.0. The van der Waals surface area contributed by atoms with E-state index in [4.69, 9.17) is 9.52 Å². The number of nitrogens with zero attached hydrogens (tertiary/aromatic N) is 2. The molecule has 2 atom stereocenters. The Balaban J connectivity index is 1.22. The fourth-order valence-electron chi connectivity index (χ4n) is 5.33. The van der Waals surface area contributed by atoms with Crippen molar-refractivity contribution in [3.05, 3.63) is 53.6 Å². The number of alkyl halides is 1. The Kier molecular flexibility index (Phi) is 7.31. The summed E-state index contributed by atoms with van der Waals surface area (Å²) in [7, 11) is 0. The number of aliphatic carboxylic acids is 1. The Morgan fingerprint density at radius 1 is 1.13 bits per heavy atom. The molecule has 0 unspecified atom stereocenters. The number of aryl methyl sites for hydroxylation is 1. The van der Waals surface area contributed by atoms with Gasteiger partial charge in [0.15, 0.2) is 5.58 Å². The Morgan fingerprint density at radius 3 is 2.63 bits per heavy atom. The van der Waals surface area contributed by atoms with Gasteiger partial charge in [-0.05, 0) is 61.9 Å². The highest BCUT2D eigenvalue weighted by molar-refractivity contribution is 5.90. The molecule has 1 aliphatic carbocycles. The second-order valence-electron chi connectivity index (χ2n) is 10.2. The van der Waals surface area contributed by atoms with Crippen LogP contribution < -0.4 is 10.6 Å². The highest BCUT2D eigenvalue weighted by Gasteiger charge is 2.40. The van der Waals surface area contributed by atoms with Crippen LogP contribution in [0.5, 0.6) is 0 Å². The van der Waals surface area contributed by atoms with Crippen molar-refractivity contribution in [2.24, 2.45) is 5.92 Å². The maximum absolute atomic E-state index is 14.4. The molecule has 9 nitrogen and oxygen atoms in total. The van der Waals surface area contributed by atoms with Gasteiger partial charge < -0.3 is 25.1 Å². The molecule has 10 heteroatoms. The molecule has 0 spiro atoms. The number of carboxylic acids is 1. The Labute approximate surface area is 219 Å². The second kappa shape index (κ2) is 10.8. The Hall–Kier alpha value is -3.95. The number of nitrogens with one attached hydrogen (secondary N) is 2. The summed E-state index contributed by atoms with van der Waals surface area (Å²) in [5.41, 5.74) is 3.75. The number of carbonyl (C=O) groups is 3. The minimum Gasteiger partial charge on any atom is -0.481 e. The van der Waals surface area contributed by atoms with Gasteiger partial charge >= 0.3 is 5.97 Å². The normalized spacial score (nSPS) is 23.4. The molecule has 3 N–H and O–H groups in total. The zero-order valence-electron chi connectivity index (χ0n) is 21.2. The number of halogens is 1. The number of para-hydroxylation sites is 1. The maximum Gasteiger partial charge on any atom is 0.306 e. The van der Waals surface area contributed by atoms with Crippen LogP contribution >= 0.6 is 0 Å². The highest BCUT2D eigenvalue weighted by Crippen LogP contribution is 2.28. The zero-order chi connectivity index (χ0) is 26.8. The van der Waals surface area contributed by atoms with Crippen LogP contribution in [0.3, 0.4) is 0 Å². The van der Waals surface area contributed by atoms with E-state index in [0.29, 0.717) is 48.4 Å². The number of hydrogen-bond acceptors (Lipinski definition) is 6. The minimum absolute atomic E-state index is 0.00256. The van der Waals surface area contributed by atoms with E-state index in [9.17, 15) is 18.8 Å². The molecule has 1 aliphatic heterocycles. The number of likely N-dealkylation sites (tertiary alicyclic amines) is 1. The number of carboxylic acid groups (broad SMARTS) is 1. The van der Waals surface area contributed by atoms with E-state index < -0.39 is 18.2 Å². The molecule has 3 aromatic rings. The van der Waals surface area contributed by atoms with Crippen LogP contribution in [0.1, 0.15) is 43.2 Å². The van der Waals surface area contributed by atoms with E-state index in [-0.39, 0.29) is 43.2 Å². The average molecular weight is 523 g/mol. The Morgan fingerprint density at radius 2 is 1.89 bits per heavy atom. The molecule has 200 valence electrons. The van der Waals surface area contributed by atoms with E-state index in [2.05, 4.69) is 15.6 Å². The van der Waals surface area contributed by atoms with Gasteiger partial charge in [0.05, 0.1) is 18.9 Å². The summed E-state index contributed by atoms with van der Waals surface area (Å²) in [6.45, 7) is 1.85. The van der Waals surface area contributed by atoms with Gasteiger partial charge in [0.1, 0.15) is 17.7 Å². The lowest BCUT2D eigenvalue weighted by molar-refractivity contribution is -0.143. The van der Waals surface area contributed by atoms with E-state index in [1.54, 1.807) is 18.2 Å². The van der Waals surface area contributed by atoms with Crippen molar-refractivity contribution in [2.45, 2.75) is 63.7 Å². The summed E-state index contributed by atoms with van der Waals surface area (Å²) < 4.78 is 20.2. The van der Waals surface area contributed by atoms with Crippen LogP contribution in [0.15, 0.2) is 46.9 Å². The molecule has 2 aromatic carbocycles. The molecule has 1 saturated heterocycles. The topological polar surface area (TPSA) is 125 Å². The molecule has 38 heavy (non-hydrogen) atoms. The van der Waals surface area contributed by atoms with Gasteiger partial charge in [-0.15, -0.1) is 0 Å². The number of anilines is 2. The van der Waals surface area contributed by atoms with Crippen molar-refractivity contribution in [2.75, 3.05) is 11.9 Å². The molecule has 5 rings (SSSR count). The second-order valence-corrected chi connectivity index (χ2v) is 10.2. The predicted octanol–water partition coefficient (Wildman–Crippen LogP) is 4.12. The molecule has 2 aliphatic rings. The summed E-state index contributed by atoms with van der Waals surface area (Å²) in [4.78, 5) is 43.1. The van der Waals surface area contributed by atoms with Crippen LogP contribution in [0.25, 0.3) is 11.1 Å². The first-order valence-corrected chi connectivity index (χ1v) is 13.0. The third-order valence-electron chi connectivity index (χ3n) is 7.49. The number of benzene rings is 2. The molecule has 0 radical (unpaired) electrons. The molecule has 1 aromatic heterocycles. The fourth-order valence-corrected chi connectivity index (χ4v) is 5.33. The van der Waals surface area contributed by atoms with Gasteiger partial charge in [-0.1, -0.05) is 24.3 Å². The summed E-state index contributed by atoms with van der Waals surface area (Å²) in [5, 5.41) is 15.2. The highest BCUT2D eigenvalue weighted by atomic mass is 19.1. The fraction of sp³-hybridized carbons (Fsp3) is 0.429. The third-order valence-corrected chi connectivity index (χ3v) is 7.49. The molecule has 1 saturated carbocycles. The lowest BCUT2D eigenvalue weighted by Crippen LogP contribution is -2.50. The van der Waals surface area contributed by atoms with Crippen molar-refractivity contribution in [3.63, 3.8) is 0 Å². The largest absolute Gasteiger partial charge is 0.481 e. The maximum atomic E-state index is 14.4. The average Bonchev–Trinajstić information content (AvgIpc) is 3.48. The van der Waals surface area contributed by atoms with Crippen molar-refractivity contribution in [1.29, 1.82) is 0 Å². The number of hydrogen-bond donors (Lipinski definition) is 3. The summed E-state index contributed by atoms with van der Waals surface area (Å²) >= 11 is 0. The minimum atomic E-state index is -1.27. The van der Waals surface area contributed by atoms with Crippen LogP contribution in [0, 0.1) is 12.8 Å². The number of amides is 2. The van der Waals surface area contributed by atoms with Gasteiger partial charge in [0.2, 0.25) is 11.8 Å². The third kappa shape index (κ3) is 5.64. The summed E-state index contributed by atoms with van der Waals surface area (Å²) in [6, 6.07) is 12.3. The summed E-state index contributed by atoms with van der Waals surface area (Å²) in [6.07, 6.45) is 0.774.